The summed E-state index contributed by atoms with van der Waals surface area (Å²) in [6.45, 7) is 2.99. The van der Waals surface area contributed by atoms with E-state index in [1.54, 1.807) is 0 Å². The van der Waals surface area contributed by atoms with Crippen molar-refractivity contribution in [2.45, 2.75) is 76.4 Å². The molecule has 0 aliphatic rings. The van der Waals surface area contributed by atoms with E-state index in [1.807, 2.05) is 21.0 Å². The Balaban J connectivity index is 0. The molecule has 166 valence electrons. The number of nitrogens with zero attached hydrogens (tertiary/aromatic N) is 1. The largest absolute Gasteiger partial charge is 1.00 e. The van der Waals surface area contributed by atoms with Crippen LogP contribution in [0.2, 0.25) is 0 Å². The van der Waals surface area contributed by atoms with Gasteiger partial charge in [-0.1, -0.05) is 39.0 Å². The number of amides is 1. The molecule has 8 nitrogen and oxygen atoms in total. The van der Waals surface area contributed by atoms with Gasteiger partial charge in [-0.2, -0.15) is 0 Å². The molecule has 10 heteroatoms. The summed E-state index contributed by atoms with van der Waals surface area (Å²) < 4.78 is 33.8. The van der Waals surface area contributed by atoms with Crippen LogP contribution < -0.4 is 40.0 Å². The molecule has 0 fully saturated rings. The summed E-state index contributed by atoms with van der Waals surface area (Å²) in [4.78, 5) is 22.4. The number of rotatable bonds is 17. The van der Waals surface area contributed by atoms with Crippen molar-refractivity contribution >= 4 is 22.0 Å². The summed E-state index contributed by atoms with van der Waals surface area (Å²) in [5.41, 5.74) is 0. The van der Waals surface area contributed by atoms with E-state index in [-0.39, 0.29) is 42.0 Å². The molecule has 0 spiro atoms. The molecule has 0 aliphatic heterocycles. The number of hydrogen-bond acceptors (Lipinski definition) is 6. The monoisotopic (exact) mass is 444 g/mol. The van der Waals surface area contributed by atoms with Crippen molar-refractivity contribution in [3.63, 3.8) is 0 Å². The number of hydrogen-bond donors (Lipinski definition) is 1. The van der Waals surface area contributed by atoms with Gasteiger partial charge in [0.05, 0.1) is 36.7 Å². The van der Waals surface area contributed by atoms with Gasteiger partial charge in [0.15, 0.2) is 0 Å². The van der Waals surface area contributed by atoms with Crippen LogP contribution in [0.4, 0.5) is 0 Å². The number of carboxylic acids is 1. The fraction of sp³-hybridized carbons (Fsp3) is 0.895. The molecule has 0 rings (SSSR count). The SMILES string of the molecule is CCCC(CCCCCCCC(=O)NCCC[N+](C)(C)CC(=O)[O-])S(=O)(=O)[O-].[Na+]. The van der Waals surface area contributed by atoms with E-state index >= 15 is 0 Å². The van der Waals surface area contributed by atoms with Gasteiger partial charge in [-0.05, 0) is 19.3 Å². The number of carbonyl (C=O) groups excluding carboxylic acids is 2. The Morgan fingerprint density at radius 3 is 2.14 bits per heavy atom. The van der Waals surface area contributed by atoms with Crippen molar-refractivity contribution in [2.24, 2.45) is 0 Å². The molecule has 0 saturated heterocycles. The standard InChI is InChI=1S/C19H38N2O6S.Na/c1-4-11-17(28(25,26)27)12-8-6-5-7-9-13-18(22)20-14-10-15-21(2,3)16-19(23)24;/h17H,4-16H2,1-3H3,(H2-,20,22,23,24,25,26,27);/q;+1/p-1. The fourth-order valence-corrected chi connectivity index (χ4v) is 4.17. The van der Waals surface area contributed by atoms with Crippen molar-refractivity contribution in [3.8, 4) is 0 Å². The predicted octanol–water partition coefficient (Wildman–Crippen LogP) is -2.23. The Bertz CT molecular complexity index is 569. The van der Waals surface area contributed by atoms with Crippen LogP contribution in [0.1, 0.15) is 71.1 Å². The van der Waals surface area contributed by atoms with E-state index in [0.717, 1.165) is 32.1 Å². The van der Waals surface area contributed by atoms with Crippen LogP contribution in [0.3, 0.4) is 0 Å². The Morgan fingerprint density at radius 1 is 1.00 bits per heavy atom. The molecule has 1 unspecified atom stereocenters. The van der Waals surface area contributed by atoms with Gasteiger partial charge in [-0.15, -0.1) is 0 Å². The van der Waals surface area contributed by atoms with Crippen LogP contribution in [0.5, 0.6) is 0 Å². The van der Waals surface area contributed by atoms with Crippen LogP contribution in [0, 0.1) is 0 Å². The Morgan fingerprint density at radius 2 is 1.59 bits per heavy atom. The molecule has 0 heterocycles. The minimum absolute atomic E-state index is 0. The molecule has 0 aromatic rings. The molecule has 1 N–H and O–H groups in total. The molecule has 0 aromatic carbocycles. The van der Waals surface area contributed by atoms with Gasteiger partial charge in [-0.3, -0.25) is 4.79 Å². The molecular formula is C19H37N2NaO6S. The average molecular weight is 445 g/mol. The molecule has 29 heavy (non-hydrogen) atoms. The number of carboxylic acid groups (broad SMARTS) is 1. The van der Waals surface area contributed by atoms with Crippen LogP contribution in [0.25, 0.3) is 0 Å². The summed E-state index contributed by atoms with van der Waals surface area (Å²) in [5.74, 6) is -1.09. The number of carbonyl (C=O) groups is 2. The van der Waals surface area contributed by atoms with E-state index in [4.69, 9.17) is 0 Å². The van der Waals surface area contributed by atoms with Gasteiger partial charge >= 0.3 is 29.6 Å². The Labute approximate surface area is 198 Å². The quantitative estimate of drug-likeness (QED) is 0.117. The fourth-order valence-electron chi connectivity index (χ4n) is 3.19. The zero-order valence-electron chi connectivity index (χ0n) is 18.6. The number of nitrogens with one attached hydrogen (secondary N) is 1. The Kier molecular flexibility index (Phi) is 17.6. The predicted molar refractivity (Wildman–Crippen MR) is 105 cm³/mol. The number of quaternary nitrogens is 1. The molecule has 0 saturated carbocycles. The van der Waals surface area contributed by atoms with Crippen molar-refractivity contribution in [1.29, 1.82) is 0 Å². The van der Waals surface area contributed by atoms with Gasteiger partial charge in [0, 0.05) is 24.6 Å². The minimum atomic E-state index is -4.20. The maximum Gasteiger partial charge on any atom is 1.00 e. The molecule has 0 aliphatic carbocycles. The first-order valence-electron chi connectivity index (χ1n) is 10.2. The molecule has 0 bridgehead atoms. The number of likely N-dealkylation sites (N-methyl/N-ethyl adjacent to an activating group) is 1. The van der Waals surface area contributed by atoms with Gasteiger partial charge < -0.3 is 24.3 Å². The van der Waals surface area contributed by atoms with Gasteiger partial charge in [0.2, 0.25) is 5.91 Å². The van der Waals surface area contributed by atoms with E-state index in [0.29, 0.717) is 49.7 Å². The zero-order valence-corrected chi connectivity index (χ0v) is 21.4. The molecular weight excluding hydrogens is 407 g/mol. The molecule has 1 atom stereocenters. The van der Waals surface area contributed by atoms with Crippen molar-refractivity contribution in [1.82, 2.24) is 5.32 Å². The normalized spacial score (nSPS) is 12.8. The Hall–Kier alpha value is -0.190. The summed E-state index contributed by atoms with van der Waals surface area (Å²) in [5, 5.41) is 12.7. The van der Waals surface area contributed by atoms with Crippen molar-refractivity contribution in [2.75, 3.05) is 33.7 Å². The van der Waals surface area contributed by atoms with Crippen molar-refractivity contribution in [3.05, 3.63) is 0 Å². The first-order valence-corrected chi connectivity index (χ1v) is 11.7. The number of unbranched alkanes of at least 4 members (excludes halogenated alkanes) is 4. The van der Waals surface area contributed by atoms with Crippen LogP contribution >= 0.6 is 0 Å². The smallest absolute Gasteiger partial charge is 0.748 e. The molecule has 0 radical (unpaired) electrons. The second-order valence-corrected chi connectivity index (χ2v) is 9.76. The first kappa shape index (κ1) is 31.0. The van der Waals surface area contributed by atoms with Crippen LogP contribution in [-0.4, -0.2) is 68.3 Å². The second-order valence-electron chi connectivity index (χ2n) is 8.10. The summed E-state index contributed by atoms with van der Waals surface area (Å²) in [6, 6.07) is 0. The maximum atomic E-state index is 11.8. The van der Waals surface area contributed by atoms with Gasteiger partial charge in [0.1, 0.15) is 6.54 Å². The number of aliphatic carboxylic acids is 1. The summed E-state index contributed by atoms with van der Waals surface area (Å²) in [6.07, 6.45) is 6.86. The van der Waals surface area contributed by atoms with E-state index in [2.05, 4.69) is 5.32 Å². The third-order valence-electron chi connectivity index (χ3n) is 4.77. The minimum Gasteiger partial charge on any atom is -0.748 e. The first-order chi connectivity index (χ1) is 13.0. The molecule has 1 amide bonds. The topological polar surface area (TPSA) is 126 Å². The third-order valence-corrected chi connectivity index (χ3v) is 6.06. The van der Waals surface area contributed by atoms with Crippen LogP contribution in [0.15, 0.2) is 0 Å². The van der Waals surface area contributed by atoms with Gasteiger partial charge in [0.25, 0.3) is 0 Å². The molecule has 0 aromatic heterocycles. The van der Waals surface area contributed by atoms with E-state index in [1.165, 1.54) is 0 Å². The summed E-state index contributed by atoms with van der Waals surface area (Å²) in [7, 11) is -0.570. The van der Waals surface area contributed by atoms with Crippen molar-refractivity contribution < 1.29 is 61.7 Å². The van der Waals surface area contributed by atoms with Crippen LogP contribution in [-0.2, 0) is 19.7 Å². The average Bonchev–Trinajstić information content (AvgIpc) is 2.54. The second kappa shape index (κ2) is 16.5. The summed E-state index contributed by atoms with van der Waals surface area (Å²) >= 11 is 0. The maximum absolute atomic E-state index is 11.8. The van der Waals surface area contributed by atoms with Gasteiger partial charge in [-0.25, -0.2) is 8.42 Å². The third kappa shape index (κ3) is 18.3. The van der Waals surface area contributed by atoms with E-state index in [9.17, 15) is 27.7 Å². The zero-order chi connectivity index (χ0) is 21.6. The van der Waals surface area contributed by atoms with E-state index < -0.39 is 21.3 Å².